The zero-order valence-corrected chi connectivity index (χ0v) is 55.8. The topological polar surface area (TPSA) is 286 Å². The van der Waals surface area contributed by atoms with E-state index >= 15 is 4.79 Å². The Morgan fingerprint density at radius 2 is 1.49 bits per heavy atom. The number of morpholine rings is 1. The minimum atomic E-state index is -5.88. The number of alkyl halides is 2. The monoisotopic (exact) mass is 1340 g/mol. The summed E-state index contributed by atoms with van der Waals surface area (Å²) in [6.07, 6.45) is 0.452. The maximum Gasteiger partial charge on any atom is 0.399 e. The van der Waals surface area contributed by atoms with Crippen molar-refractivity contribution >= 4 is 81.7 Å². The number of rotatable bonds is 22. The molecule has 0 bridgehead atoms. The van der Waals surface area contributed by atoms with Crippen LogP contribution in [0.5, 0.6) is 5.75 Å². The van der Waals surface area contributed by atoms with Crippen molar-refractivity contribution < 1.29 is 71.3 Å². The first-order valence-corrected chi connectivity index (χ1v) is 34.3. The molecule has 0 radical (unpaired) electrons. The van der Waals surface area contributed by atoms with Crippen molar-refractivity contribution in [2.24, 2.45) is 10.8 Å². The lowest BCUT2D eigenvalue weighted by atomic mass is 9.84. The average Bonchev–Trinajstić information content (AvgIpc) is 1.61. The standard InChI is InChI=1S/C67H81F2N8O13PS2/c1-39(41-18-20-43(21-19-41)57-40(2)71-38-92-57)72-60(81)50-33-48(78)35-77(50)63(84)58(65(3,4)5)73-55(79)17-13-10-14-26-70-56(80)37-90-49-24-22-44-31-51(62(83)75-27-28-89-52(36-75)42-15-11-9-12-16-42)76(34-46(44)30-49)64(85)59(66(6,7)8)74-61(82)54-32-45-29-47(23-25-53(45)93-54)67(68,69)91(86,87)88/h9,11-12,15-16,18-25,29-30,32,38-39,48,50-52,58-59,78H,10,13-14,17,26-28,31,33-37H2,1-8H3,(H,70,80)(H,72,81)(H,73,79)(H,74,82)(H2,86,87,88)/t39-,48+,50-,51?,52?,58?,59?/m0/s1. The average molecular weight is 1340 g/mol. The molecule has 9 rings (SSSR count). The van der Waals surface area contributed by atoms with Crippen LogP contribution in [0.25, 0.3) is 20.5 Å². The second-order valence-corrected chi connectivity index (χ2v) is 29.8. The molecule has 4 unspecified atom stereocenters. The van der Waals surface area contributed by atoms with E-state index < -0.39 is 102 Å². The summed E-state index contributed by atoms with van der Waals surface area (Å²) in [6, 6.07) is 22.3. The summed E-state index contributed by atoms with van der Waals surface area (Å²) in [5.74, 6) is -2.93. The second-order valence-electron chi connectivity index (χ2n) is 26.2. The van der Waals surface area contributed by atoms with E-state index in [0.717, 1.165) is 56.3 Å². The number of carbonyl (C=O) groups excluding carboxylic acids is 7. The lowest BCUT2D eigenvalue weighted by Crippen LogP contribution is -2.61. The van der Waals surface area contributed by atoms with Crippen LogP contribution in [0.4, 0.5) is 8.78 Å². The third kappa shape index (κ3) is 16.7. The number of amides is 7. The van der Waals surface area contributed by atoms with Gasteiger partial charge in [-0.25, -0.2) is 4.98 Å². The van der Waals surface area contributed by atoms with Gasteiger partial charge in [0.05, 0.1) is 46.3 Å². The highest BCUT2D eigenvalue weighted by Gasteiger charge is 2.51. The van der Waals surface area contributed by atoms with Gasteiger partial charge >= 0.3 is 13.3 Å². The SMILES string of the molecule is Cc1ncsc1-c1ccc([C@H](C)NC(=O)[C@@H]2C[C@@H](O)CN2C(=O)C(NC(=O)CCCCCNC(=O)COc2ccc3c(c2)CN(C(=O)C(NC(=O)c2cc4cc(C(F)(F)P(=O)(O)O)ccc4s2)C(C)(C)C)C(C(=O)N2CCOC(c4ccccc4)C2)C3)C(C)(C)C)cc1. The molecule has 0 spiro atoms. The Balaban J connectivity index is 0.786. The number of hydrogen-bond acceptors (Lipinski definition) is 14. The highest BCUT2D eigenvalue weighted by Crippen LogP contribution is 2.59. The minimum Gasteiger partial charge on any atom is -0.484 e. The van der Waals surface area contributed by atoms with Crippen LogP contribution in [0, 0.1) is 17.8 Å². The third-order valence-corrected chi connectivity index (χ3v) is 20.2. The van der Waals surface area contributed by atoms with Gasteiger partial charge in [0, 0.05) is 55.7 Å². The molecule has 2 aromatic heterocycles. The lowest BCUT2D eigenvalue weighted by Gasteiger charge is -2.43. The molecule has 3 aliphatic rings. The van der Waals surface area contributed by atoms with Gasteiger partial charge in [-0.1, -0.05) is 115 Å². The first-order chi connectivity index (χ1) is 43.9. The number of nitrogens with zero attached hydrogens (tertiary/aromatic N) is 4. The number of aromatic nitrogens is 1. The summed E-state index contributed by atoms with van der Waals surface area (Å²) < 4.78 is 53.5. The first kappa shape index (κ1) is 69.8. The molecular formula is C67H81F2N8O13PS2. The number of β-amino-alcohol motifs (C(OH)–C–C–N with tert-alkyl or cyclic N) is 1. The number of benzene rings is 4. The minimum absolute atomic E-state index is 0.0416. The number of aliphatic hydroxyl groups excluding tert-OH is 1. The molecule has 0 saturated carbocycles. The summed E-state index contributed by atoms with van der Waals surface area (Å²) in [5, 5.41) is 22.5. The van der Waals surface area contributed by atoms with Crippen LogP contribution in [-0.2, 0) is 56.7 Å². The van der Waals surface area contributed by atoms with Crippen LogP contribution in [0.15, 0.2) is 103 Å². The van der Waals surface area contributed by atoms with E-state index in [4.69, 9.17) is 9.47 Å². The summed E-state index contributed by atoms with van der Waals surface area (Å²) >= 11 is 2.49. The molecule has 3 aliphatic heterocycles. The number of thiophene rings is 1. The van der Waals surface area contributed by atoms with E-state index in [1.54, 1.807) is 60.7 Å². The molecule has 7 atom stereocenters. The molecule has 2 saturated heterocycles. The maximum absolute atomic E-state index is 15.2. The van der Waals surface area contributed by atoms with Gasteiger partial charge in [0.25, 0.3) is 11.8 Å². The van der Waals surface area contributed by atoms with Crippen LogP contribution in [0.3, 0.4) is 0 Å². The Kier molecular flexibility index (Phi) is 21.8. The summed E-state index contributed by atoms with van der Waals surface area (Å²) in [5.41, 5.74) is -0.207. The predicted octanol–water partition coefficient (Wildman–Crippen LogP) is 8.68. The van der Waals surface area contributed by atoms with Crippen molar-refractivity contribution in [3.63, 3.8) is 0 Å². The van der Waals surface area contributed by atoms with Gasteiger partial charge in [-0.3, -0.25) is 38.1 Å². The van der Waals surface area contributed by atoms with Crippen LogP contribution in [-0.4, -0.2) is 146 Å². The number of thiazole rings is 1. The Labute approximate surface area is 547 Å². The Morgan fingerprint density at radius 3 is 2.17 bits per heavy atom. The van der Waals surface area contributed by atoms with Gasteiger partial charge in [0.2, 0.25) is 29.5 Å². The fourth-order valence-corrected chi connectivity index (χ4v) is 14.1. The van der Waals surface area contributed by atoms with E-state index in [1.807, 2.05) is 89.2 Å². The van der Waals surface area contributed by atoms with Gasteiger partial charge in [0.1, 0.15) is 36.0 Å². The molecule has 7 amide bonds. The highest BCUT2D eigenvalue weighted by molar-refractivity contribution is 7.52. The van der Waals surface area contributed by atoms with Crippen LogP contribution in [0.1, 0.15) is 136 Å². The Morgan fingerprint density at radius 1 is 0.796 bits per heavy atom. The predicted molar refractivity (Wildman–Crippen MR) is 348 cm³/mol. The number of hydrogen-bond donors (Lipinski definition) is 7. The summed E-state index contributed by atoms with van der Waals surface area (Å²) in [4.78, 5) is 127. The number of fused-ring (bicyclic) bond motifs is 2. The number of aryl methyl sites for hydroxylation is 1. The van der Waals surface area contributed by atoms with Crippen molar-refractivity contribution in [3.05, 3.63) is 141 Å². The molecule has 93 heavy (non-hydrogen) atoms. The van der Waals surface area contributed by atoms with Crippen molar-refractivity contribution in [3.8, 4) is 16.2 Å². The van der Waals surface area contributed by atoms with E-state index in [9.17, 15) is 57.0 Å². The largest absolute Gasteiger partial charge is 0.484 e. The maximum atomic E-state index is 15.2. The zero-order chi connectivity index (χ0) is 67.3. The number of halogens is 2. The molecule has 2 fully saturated rings. The van der Waals surface area contributed by atoms with Crippen molar-refractivity contribution in [1.29, 1.82) is 0 Å². The molecule has 0 aliphatic carbocycles. The fourth-order valence-electron chi connectivity index (χ4n) is 11.8. The van der Waals surface area contributed by atoms with Gasteiger partial charge < -0.3 is 60.3 Å². The third-order valence-electron chi connectivity index (χ3n) is 17.1. The normalized spacial score (nSPS) is 18.9. The fraction of sp³-hybridized carbons (Fsp3) is 0.463. The quantitative estimate of drug-likeness (QED) is 0.0247. The van der Waals surface area contributed by atoms with Gasteiger partial charge in [0.15, 0.2) is 6.61 Å². The Bertz CT molecular complexity index is 3780. The van der Waals surface area contributed by atoms with Gasteiger partial charge in [-0.05, 0) is 101 Å². The second kappa shape index (κ2) is 29.0. The zero-order valence-electron chi connectivity index (χ0n) is 53.3. The van der Waals surface area contributed by atoms with Gasteiger partial charge in [-0.15, -0.1) is 22.7 Å². The van der Waals surface area contributed by atoms with Crippen molar-refractivity contribution in [1.82, 2.24) is 41.0 Å². The summed E-state index contributed by atoms with van der Waals surface area (Å²) in [7, 11) is -5.88. The van der Waals surface area contributed by atoms with E-state index in [0.29, 0.717) is 35.3 Å². The number of aliphatic hydroxyl groups is 1. The number of likely N-dealkylation sites (tertiary alicyclic amines) is 1. The van der Waals surface area contributed by atoms with E-state index in [2.05, 4.69) is 26.3 Å². The van der Waals surface area contributed by atoms with Crippen LogP contribution < -0.4 is 26.0 Å². The van der Waals surface area contributed by atoms with Crippen molar-refractivity contribution in [2.45, 2.75) is 149 Å². The molecule has 21 nitrogen and oxygen atoms in total. The highest BCUT2D eigenvalue weighted by atomic mass is 32.1. The molecule has 498 valence electrons. The van der Waals surface area contributed by atoms with Crippen LogP contribution >= 0.6 is 30.3 Å². The van der Waals surface area contributed by atoms with Crippen LogP contribution in [0.2, 0.25) is 0 Å². The molecule has 4 aromatic carbocycles. The molecule has 26 heteroatoms. The van der Waals surface area contributed by atoms with Crippen molar-refractivity contribution in [2.75, 3.05) is 39.4 Å². The molecule has 7 N–H and O–H groups in total. The molecule has 6 aromatic rings. The smallest absolute Gasteiger partial charge is 0.399 e. The Hall–Kier alpha value is -7.51. The number of carbonyl (C=O) groups is 7. The molecule has 5 heterocycles. The number of unbranched alkanes of at least 4 members (excludes halogenated alkanes) is 2. The molecular weight excluding hydrogens is 1260 g/mol. The summed E-state index contributed by atoms with van der Waals surface area (Å²) in [6.45, 7) is 15.0. The van der Waals surface area contributed by atoms with E-state index in [1.165, 1.54) is 21.9 Å². The number of nitrogens with one attached hydrogen (secondary N) is 4. The van der Waals surface area contributed by atoms with Gasteiger partial charge in [-0.2, -0.15) is 8.78 Å². The van der Waals surface area contributed by atoms with E-state index in [-0.39, 0.29) is 87.3 Å². The lowest BCUT2D eigenvalue weighted by molar-refractivity contribution is -0.153. The first-order valence-electron chi connectivity index (χ1n) is 31.0. The number of ether oxygens (including phenoxy) is 2.